The summed E-state index contributed by atoms with van der Waals surface area (Å²) in [5.41, 5.74) is 1.31. The van der Waals surface area contributed by atoms with Crippen molar-refractivity contribution in [3.8, 4) is 0 Å². The topological polar surface area (TPSA) is 144 Å². The maximum Gasteiger partial charge on any atom is 0.266 e. The van der Waals surface area contributed by atoms with Crippen LogP contribution in [0.15, 0.2) is 0 Å². The monoisotopic (exact) mass is 914 g/mol. The molecule has 1 amide bonds. The third kappa shape index (κ3) is 9.60. The number of fused-ring (bicyclic) bond motifs is 10. The predicted octanol–water partition coefficient (Wildman–Crippen LogP) is 11.4. The fraction of sp³-hybridized carbons (Fsp3) is 0.982. The Bertz CT molecular complexity index is 1710. The van der Waals surface area contributed by atoms with E-state index in [0.717, 1.165) is 80.5 Å². The molecule has 0 aliphatic heterocycles. The number of nitrogens with one attached hydrogen (secondary N) is 1. The quantitative estimate of drug-likeness (QED) is 0.0722. The average molecular weight is 914 g/mol. The molecule has 8 saturated carbocycles. The first-order valence-electron chi connectivity index (χ1n) is 27.5. The van der Waals surface area contributed by atoms with Gasteiger partial charge in [0.1, 0.15) is 0 Å². The molecular formula is C55H95NO7S. The second-order valence-electron chi connectivity index (χ2n) is 25.9. The maximum atomic E-state index is 12.6. The lowest BCUT2D eigenvalue weighted by Gasteiger charge is -2.63. The Hall–Kier alpha value is -0.740. The Morgan fingerprint density at radius 1 is 0.594 bits per heavy atom. The molecule has 368 valence electrons. The summed E-state index contributed by atoms with van der Waals surface area (Å²) in [4.78, 5) is 12.6. The molecule has 0 spiro atoms. The Kier molecular flexibility index (Phi) is 15.2. The van der Waals surface area contributed by atoms with Crippen molar-refractivity contribution in [1.82, 2.24) is 5.32 Å². The highest BCUT2D eigenvalue weighted by Gasteiger charge is 2.64. The number of amides is 1. The van der Waals surface area contributed by atoms with Gasteiger partial charge < -0.3 is 20.6 Å². The van der Waals surface area contributed by atoms with Crippen molar-refractivity contribution in [2.75, 3.05) is 12.3 Å². The summed E-state index contributed by atoms with van der Waals surface area (Å²) >= 11 is 0. The number of hydrogen-bond donors (Lipinski definition) is 5. The van der Waals surface area contributed by atoms with E-state index in [4.69, 9.17) is 4.55 Å². The summed E-state index contributed by atoms with van der Waals surface area (Å²) in [7, 11) is -4.08. The maximum absolute atomic E-state index is 12.6. The number of aliphatic hydroxyl groups is 3. The zero-order valence-corrected chi connectivity index (χ0v) is 42.3. The first-order valence-corrected chi connectivity index (χ1v) is 29.2. The van der Waals surface area contributed by atoms with Crippen molar-refractivity contribution in [3.63, 3.8) is 0 Å². The summed E-state index contributed by atoms with van der Waals surface area (Å²) in [6.45, 7) is 15.3. The van der Waals surface area contributed by atoms with Crippen LogP contribution in [0.5, 0.6) is 0 Å². The Balaban J connectivity index is 0.804. The molecule has 8 rings (SSSR count). The summed E-state index contributed by atoms with van der Waals surface area (Å²) in [6, 6.07) is 0. The molecule has 0 aromatic carbocycles. The van der Waals surface area contributed by atoms with E-state index >= 15 is 0 Å². The van der Waals surface area contributed by atoms with E-state index in [0.29, 0.717) is 69.5 Å². The van der Waals surface area contributed by atoms with Crippen LogP contribution in [0.2, 0.25) is 0 Å². The highest BCUT2D eigenvalue weighted by atomic mass is 32.2. The Labute approximate surface area is 390 Å². The lowest BCUT2D eigenvalue weighted by molar-refractivity contribution is -0.174. The van der Waals surface area contributed by atoms with Crippen molar-refractivity contribution in [2.24, 2.45) is 98.6 Å². The van der Waals surface area contributed by atoms with Crippen LogP contribution in [-0.4, -0.2) is 64.8 Å². The van der Waals surface area contributed by atoms with Crippen molar-refractivity contribution in [2.45, 2.75) is 227 Å². The number of carbonyl (C=O) groups excluding carboxylic acids is 1. The smallest absolute Gasteiger partial charge is 0.266 e. The van der Waals surface area contributed by atoms with Gasteiger partial charge in [-0.2, -0.15) is 8.42 Å². The zero-order chi connectivity index (χ0) is 45.8. The molecule has 5 N–H and O–H groups in total. The molecule has 0 aromatic rings. The summed E-state index contributed by atoms with van der Waals surface area (Å²) in [5.74, 6) is 7.92. The molecule has 0 radical (unpaired) electrons. The first kappa shape index (κ1) is 49.7. The Morgan fingerprint density at radius 2 is 1.08 bits per heavy atom. The van der Waals surface area contributed by atoms with Crippen LogP contribution in [0.25, 0.3) is 0 Å². The van der Waals surface area contributed by atoms with E-state index in [9.17, 15) is 28.5 Å². The van der Waals surface area contributed by atoms with Crippen LogP contribution in [0, 0.1) is 98.6 Å². The van der Waals surface area contributed by atoms with Crippen molar-refractivity contribution in [1.29, 1.82) is 0 Å². The average Bonchev–Trinajstić information content (AvgIpc) is 3.78. The lowest BCUT2D eigenvalue weighted by atomic mass is 9.42. The third-order valence-electron chi connectivity index (χ3n) is 23.0. The van der Waals surface area contributed by atoms with Gasteiger partial charge in [-0.25, -0.2) is 0 Å². The van der Waals surface area contributed by atoms with Gasteiger partial charge in [-0.1, -0.05) is 92.9 Å². The van der Waals surface area contributed by atoms with E-state index in [1.54, 1.807) is 0 Å². The summed E-state index contributed by atoms with van der Waals surface area (Å²) in [6.07, 6.45) is 30.3. The lowest BCUT2D eigenvalue weighted by Crippen LogP contribution is -2.58. The molecule has 8 nitrogen and oxygen atoms in total. The molecule has 0 saturated heterocycles. The molecular weight excluding hydrogens is 819 g/mol. The SMILES string of the molecule is C[C@H](CCCCCCCC[C@@H]1CC2C[C@@H](O)CC[C@@]2(C)[C@@H]2CC[C@]3(C)C(CC[C@H]3[C@@H](C)CCC(=O)NCCS(=O)(=O)O)[C@@H]12)[C@H]1CCC2[C@@H]3[C@@H](O)CC4C[C@H](O)CC[C@]4(C)[C@H]3CC[C@@]21C. The van der Waals surface area contributed by atoms with E-state index in [1.165, 1.54) is 116 Å². The second-order valence-corrected chi connectivity index (χ2v) is 27.5. The normalized spacial score (nSPS) is 47.3. The van der Waals surface area contributed by atoms with Gasteiger partial charge in [0.2, 0.25) is 5.91 Å². The highest BCUT2D eigenvalue weighted by Crippen LogP contribution is 2.71. The predicted molar refractivity (Wildman–Crippen MR) is 257 cm³/mol. The van der Waals surface area contributed by atoms with Gasteiger partial charge in [0.05, 0.1) is 24.1 Å². The molecule has 4 unspecified atom stereocenters. The highest BCUT2D eigenvalue weighted by molar-refractivity contribution is 7.85. The molecule has 0 aromatic heterocycles. The number of aliphatic hydroxyl groups excluding tert-OH is 3. The molecule has 0 bridgehead atoms. The number of unbranched alkanes of at least 4 members (excludes halogenated alkanes) is 5. The minimum absolute atomic E-state index is 0.0424. The third-order valence-corrected chi connectivity index (χ3v) is 23.7. The fourth-order valence-corrected chi connectivity index (χ4v) is 20.0. The minimum Gasteiger partial charge on any atom is -0.393 e. The first-order chi connectivity index (χ1) is 30.3. The van der Waals surface area contributed by atoms with Crippen LogP contribution in [0.3, 0.4) is 0 Å². The van der Waals surface area contributed by atoms with Crippen molar-refractivity contribution >= 4 is 16.0 Å². The zero-order valence-electron chi connectivity index (χ0n) is 41.5. The van der Waals surface area contributed by atoms with Gasteiger partial charge in [0.25, 0.3) is 10.1 Å². The van der Waals surface area contributed by atoms with Gasteiger partial charge in [0, 0.05) is 13.0 Å². The standard InChI is InChI=1S/C55H95NO7S/c1-35(42-17-19-45-51-47(24-28-55(42,45)6)53(4)26-22-41(58)33-39(53)34-48(51)59)13-11-9-7-8-10-12-14-37-31-38-32-40(57)21-25-52(38,3)46-23-27-54(5)43(16-18-44(54)50(37)46)36(2)15-20-49(60)56-29-30-64(61,62)63/h35-48,50-51,57-59H,7-34H2,1-6H3,(H,56,60)(H,61,62,63)/t35-,36+,37-,38?,39?,40+,41-,42-,43+,44?,45?,46-,47+,48+,50-,51+,52-,53+,54+,55-/m1/s1. The van der Waals surface area contributed by atoms with Crippen LogP contribution in [-0.2, 0) is 14.9 Å². The van der Waals surface area contributed by atoms with Gasteiger partial charge in [0.15, 0.2) is 0 Å². The largest absolute Gasteiger partial charge is 0.393 e. The van der Waals surface area contributed by atoms with Crippen LogP contribution < -0.4 is 5.32 Å². The number of hydrogen-bond acceptors (Lipinski definition) is 6. The van der Waals surface area contributed by atoms with E-state index in [-0.39, 0.29) is 30.8 Å². The second kappa shape index (κ2) is 19.6. The van der Waals surface area contributed by atoms with Crippen molar-refractivity contribution < 1.29 is 33.1 Å². The molecule has 0 heterocycles. The van der Waals surface area contributed by atoms with Crippen LogP contribution in [0.4, 0.5) is 0 Å². The van der Waals surface area contributed by atoms with E-state index in [2.05, 4.69) is 46.9 Å². The van der Waals surface area contributed by atoms with Crippen LogP contribution in [0.1, 0.15) is 208 Å². The fourth-order valence-electron chi connectivity index (χ4n) is 19.6. The molecule has 8 fully saturated rings. The summed E-state index contributed by atoms with van der Waals surface area (Å²) < 4.78 is 31.3. The van der Waals surface area contributed by atoms with Gasteiger partial charge >= 0.3 is 0 Å². The van der Waals surface area contributed by atoms with Crippen molar-refractivity contribution in [3.05, 3.63) is 0 Å². The number of rotatable bonds is 17. The molecule has 8 aliphatic rings. The minimum atomic E-state index is -4.08. The van der Waals surface area contributed by atoms with Gasteiger partial charge in [-0.3, -0.25) is 9.35 Å². The van der Waals surface area contributed by atoms with E-state index in [1.807, 2.05) is 0 Å². The molecule has 20 atom stereocenters. The van der Waals surface area contributed by atoms with Gasteiger partial charge in [-0.15, -0.1) is 0 Å². The number of carbonyl (C=O) groups is 1. The molecule has 64 heavy (non-hydrogen) atoms. The Morgan fingerprint density at radius 3 is 1.67 bits per heavy atom. The summed E-state index contributed by atoms with van der Waals surface area (Å²) in [5, 5.41) is 35.8. The van der Waals surface area contributed by atoms with Gasteiger partial charge in [-0.05, 0) is 208 Å². The van der Waals surface area contributed by atoms with Crippen LogP contribution >= 0.6 is 0 Å². The molecule has 9 heteroatoms. The van der Waals surface area contributed by atoms with E-state index < -0.39 is 15.9 Å². The molecule has 8 aliphatic carbocycles.